The summed E-state index contributed by atoms with van der Waals surface area (Å²) in [6.07, 6.45) is 3.89. The number of aryl methyl sites for hydroxylation is 1. The minimum Gasteiger partial charge on any atom is -0.419 e. The first-order valence-corrected chi connectivity index (χ1v) is 15.2. The number of halogens is 2. The minimum absolute atomic E-state index is 0.000272. The topological polar surface area (TPSA) is 137 Å². The number of aromatic nitrogens is 4. The van der Waals surface area contributed by atoms with E-state index in [0.717, 1.165) is 15.8 Å². The van der Waals surface area contributed by atoms with E-state index < -0.39 is 20.0 Å². The van der Waals surface area contributed by atoms with Gasteiger partial charge in [-0.1, -0.05) is 29.3 Å². The van der Waals surface area contributed by atoms with Gasteiger partial charge in [-0.25, -0.2) is 25.8 Å². The van der Waals surface area contributed by atoms with Gasteiger partial charge in [0.25, 0.3) is 10.0 Å². The van der Waals surface area contributed by atoms with Crippen molar-refractivity contribution in [2.75, 3.05) is 11.0 Å². The summed E-state index contributed by atoms with van der Waals surface area (Å²) in [7, 11) is -7.61. The molecule has 0 aliphatic rings. The number of sulfonamides is 1. The molecule has 0 spiro atoms. The van der Waals surface area contributed by atoms with Gasteiger partial charge in [-0.05, 0) is 48.9 Å². The lowest BCUT2D eigenvalue weighted by atomic mass is 10.0. The fourth-order valence-electron chi connectivity index (χ4n) is 3.89. The Hall–Kier alpha value is -3.45. The van der Waals surface area contributed by atoms with Crippen molar-refractivity contribution in [2.45, 2.75) is 17.7 Å². The van der Waals surface area contributed by atoms with E-state index >= 15 is 0 Å². The molecule has 3 aromatic heterocycles. The summed E-state index contributed by atoms with van der Waals surface area (Å²) in [5.41, 5.74) is 2.73. The molecule has 0 fully saturated rings. The second-order valence-electron chi connectivity index (χ2n) is 8.46. The Morgan fingerprint density at radius 3 is 2.39 bits per heavy atom. The molecular formula is C24H19Cl2N5O5S2. The molecule has 0 saturated heterocycles. The SMILES string of the molecule is Cc1ccc(S(=O)(=O)n2ccc3c(-c4nnc(CCl)o4)cc(-c4cnc(Cl)c(NS(C)(=O)=O)c4)cc32)cc1. The Morgan fingerprint density at radius 2 is 1.74 bits per heavy atom. The third-order valence-electron chi connectivity index (χ3n) is 5.63. The number of anilines is 1. The van der Waals surface area contributed by atoms with E-state index in [4.69, 9.17) is 27.6 Å². The van der Waals surface area contributed by atoms with Crippen LogP contribution in [0.2, 0.25) is 5.15 Å². The zero-order valence-electron chi connectivity index (χ0n) is 19.9. The van der Waals surface area contributed by atoms with E-state index in [9.17, 15) is 16.8 Å². The number of benzene rings is 2. The van der Waals surface area contributed by atoms with Crippen molar-refractivity contribution in [3.63, 3.8) is 0 Å². The van der Waals surface area contributed by atoms with Crippen LogP contribution in [0.4, 0.5) is 5.69 Å². The first-order chi connectivity index (χ1) is 18.0. The van der Waals surface area contributed by atoms with Crippen LogP contribution in [0.25, 0.3) is 33.5 Å². The third-order valence-corrected chi connectivity index (χ3v) is 8.45. The summed E-state index contributed by atoms with van der Waals surface area (Å²) < 4.78 is 60.0. The standard InChI is InChI=1S/C24H19Cl2N5O5S2/c1-14-3-5-17(6-4-14)38(34,35)31-8-7-18-19(24-29-28-22(12-25)36-24)9-15(11-21(18)31)16-10-20(23(26)27-13-16)30-37(2,32)33/h3-11,13,30H,12H2,1-2H3. The number of alkyl halides is 1. The maximum atomic E-state index is 13.6. The van der Waals surface area contributed by atoms with E-state index in [0.29, 0.717) is 27.6 Å². The predicted molar refractivity (Wildman–Crippen MR) is 145 cm³/mol. The molecule has 0 bridgehead atoms. The number of nitrogens with zero attached hydrogens (tertiary/aromatic N) is 4. The second kappa shape index (κ2) is 9.70. The summed E-state index contributed by atoms with van der Waals surface area (Å²) in [5, 5.41) is 8.48. The molecule has 0 aliphatic carbocycles. The molecular weight excluding hydrogens is 573 g/mol. The summed E-state index contributed by atoms with van der Waals surface area (Å²) in [6.45, 7) is 1.87. The first kappa shape index (κ1) is 26.2. The average molecular weight is 592 g/mol. The monoisotopic (exact) mass is 591 g/mol. The summed E-state index contributed by atoms with van der Waals surface area (Å²) in [4.78, 5) is 4.21. The summed E-state index contributed by atoms with van der Waals surface area (Å²) in [5.74, 6) is 0.328. The largest absolute Gasteiger partial charge is 0.419 e. The van der Waals surface area contributed by atoms with Crippen LogP contribution < -0.4 is 4.72 Å². The summed E-state index contributed by atoms with van der Waals surface area (Å²) >= 11 is 12.0. The van der Waals surface area contributed by atoms with Crippen molar-refractivity contribution in [1.82, 2.24) is 19.2 Å². The molecule has 0 unspecified atom stereocenters. The van der Waals surface area contributed by atoms with Gasteiger partial charge in [0.15, 0.2) is 5.15 Å². The van der Waals surface area contributed by atoms with E-state index in [-0.39, 0.29) is 33.4 Å². The van der Waals surface area contributed by atoms with Crippen LogP contribution in [0.15, 0.2) is 70.2 Å². The van der Waals surface area contributed by atoms with Gasteiger partial charge in [-0.2, -0.15) is 0 Å². The fourth-order valence-corrected chi connectivity index (χ4v) is 6.10. The Bertz CT molecular complexity index is 1900. The van der Waals surface area contributed by atoms with Crippen molar-refractivity contribution in [1.29, 1.82) is 0 Å². The molecule has 0 atom stereocenters. The molecule has 0 amide bonds. The second-order valence-corrected chi connectivity index (χ2v) is 12.6. The van der Waals surface area contributed by atoms with Gasteiger partial charge < -0.3 is 4.42 Å². The molecule has 0 aliphatic heterocycles. The predicted octanol–water partition coefficient (Wildman–Crippen LogP) is 5.06. The van der Waals surface area contributed by atoms with Gasteiger partial charge in [0, 0.05) is 28.9 Å². The van der Waals surface area contributed by atoms with Crippen molar-refractivity contribution >= 4 is 59.8 Å². The molecule has 38 heavy (non-hydrogen) atoms. The number of hydrogen-bond donors (Lipinski definition) is 1. The molecule has 2 aromatic carbocycles. The average Bonchev–Trinajstić information content (AvgIpc) is 3.52. The Kier molecular flexibility index (Phi) is 6.68. The fraction of sp³-hybridized carbons (Fsp3) is 0.125. The maximum Gasteiger partial charge on any atom is 0.268 e. The van der Waals surface area contributed by atoms with Crippen LogP contribution in [-0.2, 0) is 25.9 Å². The van der Waals surface area contributed by atoms with Crippen molar-refractivity contribution in [3.05, 3.63) is 77.5 Å². The van der Waals surface area contributed by atoms with Crippen LogP contribution in [0.1, 0.15) is 11.5 Å². The zero-order valence-corrected chi connectivity index (χ0v) is 23.0. The lowest BCUT2D eigenvalue weighted by Gasteiger charge is -2.12. The molecule has 5 aromatic rings. The number of fused-ring (bicyclic) bond motifs is 1. The van der Waals surface area contributed by atoms with Crippen molar-refractivity contribution in [2.24, 2.45) is 0 Å². The number of pyridine rings is 1. The third kappa shape index (κ3) is 4.99. The summed E-state index contributed by atoms with van der Waals surface area (Å²) in [6, 6.07) is 13.0. The molecule has 10 nitrogen and oxygen atoms in total. The van der Waals surface area contributed by atoms with Crippen LogP contribution >= 0.6 is 23.2 Å². The van der Waals surface area contributed by atoms with Crippen molar-refractivity contribution < 1.29 is 21.3 Å². The Balaban J connectivity index is 1.76. The number of rotatable bonds is 7. The molecule has 14 heteroatoms. The zero-order chi connectivity index (χ0) is 27.2. The van der Waals surface area contributed by atoms with Crippen LogP contribution in [0.3, 0.4) is 0 Å². The van der Waals surface area contributed by atoms with Gasteiger partial charge in [-0.3, -0.25) is 4.72 Å². The molecule has 196 valence electrons. The van der Waals surface area contributed by atoms with Crippen LogP contribution in [0, 0.1) is 6.92 Å². The number of nitrogens with one attached hydrogen (secondary N) is 1. The highest BCUT2D eigenvalue weighted by Gasteiger charge is 2.23. The lowest BCUT2D eigenvalue weighted by Crippen LogP contribution is -2.12. The molecule has 0 saturated carbocycles. The quantitative estimate of drug-likeness (QED) is 0.205. The molecule has 1 N–H and O–H groups in total. The van der Waals surface area contributed by atoms with Gasteiger partial charge in [0.05, 0.1) is 22.4 Å². The van der Waals surface area contributed by atoms with Gasteiger partial charge in [-0.15, -0.1) is 21.8 Å². The first-order valence-electron chi connectivity index (χ1n) is 11.0. The van der Waals surface area contributed by atoms with Crippen LogP contribution in [-0.4, -0.2) is 42.2 Å². The molecule has 0 radical (unpaired) electrons. The molecule has 5 rings (SSSR count). The van der Waals surface area contributed by atoms with E-state index in [1.807, 2.05) is 6.92 Å². The Labute approximate surface area is 228 Å². The highest BCUT2D eigenvalue weighted by atomic mass is 35.5. The van der Waals surface area contributed by atoms with E-state index in [1.54, 1.807) is 30.3 Å². The Morgan fingerprint density at radius 1 is 1.00 bits per heavy atom. The van der Waals surface area contributed by atoms with Crippen molar-refractivity contribution in [3.8, 4) is 22.6 Å². The van der Waals surface area contributed by atoms with Gasteiger partial charge >= 0.3 is 0 Å². The smallest absolute Gasteiger partial charge is 0.268 e. The minimum atomic E-state index is -3.97. The van der Waals surface area contributed by atoms with Gasteiger partial charge in [0.1, 0.15) is 5.88 Å². The van der Waals surface area contributed by atoms with E-state index in [2.05, 4.69) is 19.9 Å². The van der Waals surface area contributed by atoms with Gasteiger partial charge in [0.2, 0.25) is 21.8 Å². The maximum absolute atomic E-state index is 13.6. The lowest BCUT2D eigenvalue weighted by molar-refractivity contribution is 0.528. The highest BCUT2D eigenvalue weighted by molar-refractivity contribution is 7.92. The van der Waals surface area contributed by atoms with Crippen LogP contribution in [0.5, 0.6) is 0 Å². The molecule has 3 heterocycles. The number of hydrogen-bond acceptors (Lipinski definition) is 8. The normalized spacial score (nSPS) is 12.2. The highest BCUT2D eigenvalue weighted by Crippen LogP contribution is 2.37. The van der Waals surface area contributed by atoms with E-state index in [1.165, 1.54) is 30.6 Å².